The molecule has 0 aliphatic carbocycles. The minimum atomic E-state index is 0.0678. The molecule has 0 saturated heterocycles. The highest BCUT2D eigenvalue weighted by Gasteiger charge is 2.20. The van der Waals surface area contributed by atoms with Crippen molar-refractivity contribution in [3.8, 4) is 5.75 Å². The Balaban J connectivity index is 2.38. The molecule has 5 heteroatoms. The van der Waals surface area contributed by atoms with Gasteiger partial charge in [0.1, 0.15) is 5.75 Å². The van der Waals surface area contributed by atoms with Gasteiger partial charge in [-0.25, -0.2) is 0 Å². The number of hydrogen-bond donors (Lipinski definition) is 0. The van der Waals surface area contributed by atoms with Gasteiger partial charge in [-0.3, -0.25) is 4.79 Å². The second kappa shape index (κ2) is 11.4. The fraction of sp³-hybridized carbons (Fsp3) is 0.400. The lowest BCUT2D eigenvalue weighted by Gasteiger charge is -2.34. The summed E-state index contributed by atoms with van der Waals surface area (Å²) in [6, 6.07) is 16.2. The maximum Gasteiger partial charge on any atom is 0.253 e. The van der Waals surface area contributed by atoms with Gasteiger partial charge >= 0.3 is 0 Å². The van der Waals surface area contributed by atoms with E-state index in [4.69, 9.17) is 4.74 Å². The van der Waals surface area contributed by atoms with Crippen LogP contribution >= 0.6 is 0 Å². The zero-order chi connectivity index (χ0) is 22.1. The lowest BCUT2D eigenvalue weighted by molar-refractivity contribution is 0.0773. The molecule has 2 aromatic rings. The topological polar surface area (TPSA) is 36.0 Å². The quantitative estimate of drug-likeness (QED) is 0.499. The molecule has 5 nitrogen and oxygen atoms in total. The molecule has 1 amide bonds. The van der Waals surface area contributed by atoms with Crippen LogP contribution in [0.5, 0.6) is 5.75 Å². The number of benzene rings is 2. The van der Waals surface area contributed by atoms with E-state index < -0.39 is 0 Å². The Kier molecular flexibility index (Phi) is 8.93. The molecule has 0 heterocycles. The van der Waals surface area contributed by atoms with Crippen LogP contribution in [0.3, 0.4) is 0 Å². The molecule has 0 aliphatic heterocycles. The molecule has 0 aliphatic rings. The van der Waals surface area contributed by atoms with E-state index >= 15 is 0 Å². The highest BCUT2D eigenvalue weighted by atomic mass is 16.5. The van der Waals surface area contributed by atoms with Gasteiger partial charge in [-0.15, -0.1) is 6.58 Å². The minimum absolute atomic E-state index is 0.0678. The van der Waals surface area contributed by atoms with Crippen molar-refractivity contribution < 1.29 is 9.53 Å². The number of likely N-dealkylation sites (N-methyl/N-ethyl adjacent to an activating group) is 1. The molecule has 30 heavy (non-hydrogen) atoms. The molecule has 0 spiro atoms. The van der Waals surface area contributed by atoms with Crippen LogP contribution in [0.4, 0.5) is 11.4 Å². The number of ether oxygens (including phenoxy) is 1. The zero-order valence-corrected chi connectivity index (χ0v) is 19.0. The van der Waals surface area contributed by atoms with Gasteiger partial charge < -0.3 is 19.4 Å². The van der Waals surface area contributed by atoms with Crippen molar-refractivity contribution in [1.29, 1.82) is 0 Å². The molecule has 0 fully saturated rings. The van der Waals surface area contributed by atoms with Crippen molar-refractivity contribution in [3.05, 3.63) is 66.7 Å². The van der Waals surface area contributed by atoms with Crippen LogP contribution < -0.4 is 9.64 Å². The van der Waals surface area contributed by atoms with E-state index in [1.54, 1.807) is 7.11 Å². The van der Waals surface area contributed by atoms with Gasteiger partial charge in [0.05, 0.1) is 7.11 Å². The Labute approximate surface area is 181 Å². The summed E-state index contributed by atoms with van der Waals surface area (Å²) in [7, 11) is 3.77. The van der Waals surface area contributed by atoms with Gasteiger partial charge in [0.25, 0.3) is 5.91 Å². The fourth-order valence-corrected chi connectivity index (χ4v) is 3.70. The lowest BCUT2D eigenvalue weighted by Crippen LogP contribution is -2.38. The zero-order valence-electron chi connectivity index (χ0n) is 19.0. The molecule has 2 aromatic carbocycles. The van der Waals surface area contributed by atoms with Gasteiger partial charge in [-0.1, -0.05) is 12.1 Å². The van der Waals surface area contributed by atoms with E-state index in [0.717, 1.165) is 30.2 Å². The average Bonchev–Trinajstić information content (AvgIpc) is 2.75. The van der Waals surface area contributed by atoms with Gasteiger partial charge in [0.2, 0.25) is 0 Å². The Bertz CT molecular complexity index is 815. The van der Waals surface area contributed by atoms with Crippen molar-refractivity contribution in [3.63, 3.8) is 0 Å². The summed E-state index contributed by atoms with van der Waals surface area (Å²) in [5.74, 6) is 0.885. The number of hydrogen-bond acceptors (Lipinski definition) is 4. The van der Waals surface area contributed by atoms with Crippen LogP contribution in [0.15, 0.2) is 61.2 Å². The van der Waals surface area contributed by atoms with Gasteiger partial charge in [0.15, 0.2) is 0 Å². The highest BCUT2D eigenvalue weighted by Crippen LogP contribution is 2.31. The molecule has 0 radical (unpaired) electrons. The van der Waals surface area contributed by atoms with Crippen LogP contribution in [-0.4, -0.2) is 62.1 Å². The van der Waals surface area contributed by atoms with E-state index in [-0.39, 0.29) is 11.9 Å². The van der Waals surface area contributed by atoms with Crippen LogP contribution in [-0.2, 0) is 0 Å². The smallest absolute Gasteiger partial charge is 0.253 e. The van der Waals surface area contributed by atoms with Crippen LogP contribution in [0.25, 0.3) is 0 Å². The van der Waals surface area contributed by atoms with Crippen molar-refractivity contribution in [1.82, 2.24) is 9.80 Å². The predicted octanol–water partition coefficient (Wildman–Crippen LogP) is 4.82. The van der Waals surface area contributed by atoms with E-state index in [1.807, 2.05) is 67.3 Å². The molecule has 0 bridgehead atoms. The van der Waals surface area contributed by atoms with E-state index in [9.17, 15) is 4.79 Å². The maximum atomic E-state index is 12.7. The Morgan fingerprint density at radius 3 is 2.33 bits per heavy atom. The summed E-state index contributed by atoms with van der Waals surface area (Å²) in [4.78, 5) is 19.0. The second-order valence-electron chi connectivity index (χ2n) is 7.45. The van der Waals surface area contributed by atoms with E-state index in [0.29, 0.717) is 18.7 Å². The predicted molar refractivity (Wildman–Crippen MR) is 126 cm³/mol. The highest BCUT2D eigenvalue weighted by molar-refractivity contribution is 5.94. The number of nitrogens with zero attached hydrogens (tertiary/aromatic N) is 3. The summed E-state index contributed by atoms with van der Waals surface area (Å²) in [6.45, 7) is 13.2. The van der Waals surface area contributed by atoms with Gasteiger partial charge in [-0.2, -0.15) is 0 Å². The summed E-state index contributed by atoms with van der Waals surface area (Å²) < 4.78 is 5.44. The average molecular weight is 410 g/mol. The number of amides is 1. The molecular weight excluding hydrogens is 374 g/mol. The number of methoxy groups -OCH3 is 1. The first-order valence-electron chi connectivity index (χ1n) is 10.6. The normalized spacial score (nSPS) is 11.8. The van der Waals surface area contributed by atoms with E-state index in [2.05, 4.69) is 36.4 Å². The second-order valence-corrected chi connectivity index (χ2v) is 7.45. The molecule has 162 valence electrons. The van der Waals surface area contributed by atoms with Gasteiger partial charge in [0, 0.05) is 55.2 Å². The largest absolute Gasteiger partial charge is 0.497 e. The number of anilines is 2. The molecule has 0 aromatic heterocycles. The standard InChI is InChI=1S/C25H35N3O2/c1-7-17-26(5)19-20(4)28(23-11-10-12-24(18-23)30-6)22-15-13-21(14-16-22)25(29)27(8-2)9-3/h7,10-16,18,20H,1,8-9,17,19H2,2-6H3. The summed E-state index contributed by atoms with van der Waals surface area (Å²) in [5, 5.41) is 0. The van der Waals surface area contributed by atoms with Crippen molar-refractivity contribution >= 4 is 17.3 Å². The molecule has 2 rings (SSSR count). The Morgan fingerprint density at radius 2 is 1.77 bits per heavy atom. The Hall–Kier alpha value is -2.79. The number of carbonyl (C=O) groups excluding carboxylic acids is 1. The third kappa shape index (κ3) is 5.86. The summed E-state index contributed by atoms with van der Waals surface area (Å²) in [5.41, 5.74) is 2.81. The first-order chi connectivity index (χ1) is 14.4. The SMILES string of the molecule is C=CCN(C)CC(C)N(c1ccc(C(=O)N(CC)CC)cc1)c1cccc(OC)c1. The first kappa shape index (κ1) is 23.5. The molecule has 1 unspecified atom stereocenters. The first-order valence-corrected chi connectivity index (χ1v) is 10.6. The molecular formula is C25H35N3O2. The van der Waals surface area contributed by atoms with Crippen LogP contribution in [0.1, 0.15) is 31.1 Å². The molecule has 1 atom stereocenters. The van der Waals surface area contributed by atoms with Crippen LogP contribution in [0, 0.1) is 0 Å². The lowest BCUT2D eigenvalue weighted by atomic mass is 10.1. The Morgan fingerprint density at radius 1 is 1.10 bits per heavy atom. The minimum Gasteiger partial charge on any atom is -0.497 e. The van der Waals surface area contributed by atoms with Crippen LogP contribution in [0.2, 0.25) is 0 Å². The molecule has 0 saturated carbocycles. The van der Waals surface area contributed by atoms with Gasteiger partial charge in [-0.05, 0) is 64.2 Å². The molecule has 0 N–H and O–H groups in total. The summed E-state index contributed by atoms with van der Waals surface area (Å²) in [6.07, 6.45) is 1.91. The maximum absolute atomic E-state index is 12.7. The third-order valence-electron chi connectivity index (χ3n) is 5.23. The third-order valence-corrected chi connectivity index (χ3v) is 5.23. The summed E-state index contributed by atoms with van der Waals surface area (Å²) >= 11 is 0. The fourth-order valence-electron chi connectivity index (χ4n) is 3.70. The van der Waals surface area contributed by atoms with Crippen molar-refractivity contribution in [2.45, 2.75) is 26.8 Å². The monoisotopic (exact) mass is 409 g/mol. The van der Waals surface area contributed by atoms with Crippen molar-refractivity contribution in [2.24, 2.45) is 0 Å². The number of rotatable bonds is 11. The number of carbonyl (C=O) groups is 1. The van der Waals surface area contributed by atoms with E-state index in [1.165, 1.54) is 0 Å². The van der Waals surface area contributed by atoms with Crippen molar-refractivity contribution in [2.75, 3.05) is 45.2 Å².